The molecule has 0 aliphatic carbocycles. The summed E-state index contributed by atoms with van der Waals surface area (Å²) >= 11 is 11.7. The summed E-state index contributed by atoms with van der Waals surface area (Å²) in [4.78, 5) is 28.0. The van der Waals surface area contributed by atoms with Gasteiger partial charge in [-0.25, -0.2) is 4.98 Å². The highest BCUT2D eigenvalue weighted by molar-refractivity contribution is 6.36. The summed E-state index contributed by atoms with van der Waals surface area (Å²) in [6.45, 7) is 1.46. The Hall–Kier alpha value is -2.31. The summed E-state index contributed by atoms with van der Waals surface area (Å²) in [7, 11) is 1.54. The summed E-state index contributed by atoms with van der Waals surface area (Å²) in [6, 6.07) is 8.49. The molecule has 0 aliphatic heterocycles. The Bertz CT molecular complexity index is 783. The fourth-order valence-corrected chi connectivity index (χ4v) is 2.39. The summed E-state index contributed by atoms with van der Waals surface area (Å²) in [5, 5.41) is 3.03. The molecule has 1 aromatic carbocycles. The topological polar surface area (TPSA) is 77.5 Å². The van der Waals surface area contributed by atoms with Gasteiger partial charge in [-0.2, -0.15) is 0 Å². The maximum atomic E-state index is 12.1. The molecule has 0 saturated heterocycles. The molecule has 0 spiro atoms. The van der Waals surface area contributed by atoms with Crippen LogP contribution >= 0.6 is 23.2 Å². The highest BCUT2D eigenvalue weighted by atomic mass is 35.5. The first-order chi connectivity index (χ1) is 11.9. The van der Waals surface area contributed by atoms with E-state index in [1.807, 2.05) is 0 Å². The molecule has 1 atom stereocenters. The van der Waals surface area contributed by atoms with Crippen molar-refractivity contribution in [2.24, 2.45) is 0 Å². The van der Waals surface area contributed by atoms with Gasteiger partial charge in [-0.15, -0.1) is 0 Å². The van der Waals surface area contributed by atoms with Crippen LogP contribution in [-0.4, -0.2) is 30.1 Å². The smallest absolute Gasteiger partial charge is 0.311 e. The number of carbonyl (C=O) groups is 2. The average molecular weight is 383 g/mol. The number of hydrogen-bond acceptors (Lipinski definition) is 5. The number of hydrogen-bond donors (Lipinski definition) is 1. The molecule has 1 amide bonds. The van der Waals surface area contributed by atoms with E-state index in [0.29, 0.717) is 10.8 Å². The largest absolute Gasteiger partial charge is 0.497 e. The zero-order valence-corrected chi connectivity index (χ0v) is 15.1. The van der Waals surface area contributed by atoms with Crippen molar-refractivity contribution in [1.82, 2.24) is 4.98 Å². The van der Waals surface area contributed by atoms with Crippen molar-refractivity contribution >= 4 is 40.9 Å². The van der Waals surface area contributed by atoms with Gasteiger partial charge in [0, 0.05) is 6.20 Å². The predicted octanol–water partition coefficient (Wildman–Crippen LogP) is 3.51. The number of aromatic nitrogens is 1. The number of ether oxygens (including phenoxy) is 2. The van der Waals surface area contributed by atoms with E-state index in [1.165, 1.54) is 19.2 Å². The van der Waals surface area contributed by atoms with Crippen LogP contribution in [0.5, 0.6) is 5.75 Å². The van der Waals surface area contributed by atoms with E-state index < -0.39 is 18.0 Å². The Morgan fingerprint density at radius 1 is 1.28 bits per heavy atom. The maximum Gasteiger partial charge on any atom is 0.311 e. The third-order valence-corrected chi connectivity index (χ3v) is 3.70. The van der Waals surface area contributed by atoms with Gasteiger partial charge in [0.2, 0.25) is 0 Å². The number of amides is 1. The lowest BCUT2D eigenvalue weighted by Gasteiger charge is -2.14. The highest BCUT2D eigenvalue weighted by Crippen LogP contribution is 2.22. The third-order valence-electron chi connectivity index (χ3n) is 3.21. The van der Waals surface area contributed by atoms with E-state index in [9.17, 15) is 9.59 Å². The van der Waals surface area contributed by atoms with Gasteiger partial charge in [0.05, 0.1) is 23.6 Å². The lowest BCUT2D eigenvalue weighted by Crippen LogP contribution is -2.30. The Morgan fingerprint density at radius 2 is 2.04 bits per heavy atom. The predicted molar refractivity (Wildman–Crippen MR) is 95.1 cm³/mol. The van der Waals surface area contributed by atoms with E-state index in [-0.39, 0.29) is 17.3 Å². The van der Waals surface area contributed by atoms with Crippen LogP contribution in [0.3, 0.4) is 0 Å². The summed E-state index contributed by atoms with van der Waals surface area (Å²) < 4.78 is 10.2. The van der Waals surface area contributed by atoms with Gasteiger partial charge in [-0.3, -0.25) is 9.59 Å². The van der Waals surface area contributed by atoms with Crippen LogP contribution < -0.4 is 10.1 Å². The van der Waals surface area contributed by atoms with Gasteiger partial charge in [0.1, 0.15) is 5.75 Å². The van der Waals surface area contributed by atoms with Crippen molar-refractivity contribution in [3.05, 3.63) is 52.1 Å². The number of esters is 1. The van der Waals surface area contributed by atoms with Crippen LogP contribution in [0.2, 0.25) is 10.0 Å². The van der Waals surface area contributed by atoms with Crippen molar-refractivity contribution in [2.75, 3.05) is 12.4 Å². The molecule has 0 radical (unpaired) electrons. The molecule has 1 heterocycles. The minimum Gasteiger partial charge on any atom is -0.497 e. The van der Waals surface area contributed by atoms with E-state index in [2.05, 4.69) is 10.3 Å². The van der Waals surface area contributed by atoms with Crippen molar-refractivity contribution in [1.29, 1.82) is 0 Å². The van der Waals surface area contributed by atoms with Crippen LogP contribution in [0.25, 0.3) is 0 Å². The van der Waals surface area contributed by atoms with Crippen molar-refractivity contribution in [3.63, 3.8) is 0 Å². The number of carbonyl (C=O) groups excluding carboxylic acids is 2. The maximum absolute atomic E-state index is 12.1. The SMILES string of the molecule is COc1cccc(CC(=O)O[C@@H](C)C(=O)Nc2ncc(Cl)cc2Cl)c1. The molecular weight excluding hydrogens is 367 g/mol. The van der Waals surface area contributed by atoms with E-state index in [4.69, 9.17) is 32.7 Å². The Labute approximate surface area is 155 Å². The Balaban J connectivity index is 1.92. The zero-order chi connectivity index (χ0) is 18.4. The number of halogens is 2. The molecule has 2 aromatic rings. The molecule has 1 aromatic heterocycles. The van der Waals surface area contributed by atoms with Crippen molar-refractivity contribution in [2.45, 2.75) is 19.4 Å². The van der Waals surface area contributed by atoms with Gasteiger partial charge < -0.3 is 14.8 Å². The quantitative estimate of drug-likeness (QED) is 0.773. The number of benzene rings is 1. The van der Waals surface area contributed by atoms with E-state index in [0.717, 1.165) is 5.56 Å². The fraction of sp³-hybridized carbons (Fsp3) is 0.235. The Kier molecular flexibility index (Phi) is 6.61. The normalized spacial score (nSPS) is 11.5. The number of nitrogens with one attached hydrogen (secondary N) is 1. The van der Waals surface area contributed by atoms with Crippen LogP contribution in [-0.2, 0) is 20.7 Å². The highest BCUT2D eigenvalue weighted by Gasteiger charge is 2.19. The van der Waals surface area contributed by atoms with Gasteiger partial charge in [-0.05, 0) is 30.7 Å². The second-order valence-corrected chi connectivity index (χ2v) is 5.98. The van der Waals surface area contributed by atoms with Gasteiger partial charge in [0.15, 0.2) is 11.9 Å². The number of pyridine rings is 1. The molecule has 0 unspecified atom stereocenters. The lowest BCUT2D eigenvalue weighted by molar-refractivity contribution is -0.152. The van der Waals surface area contributed by atoms with Crippen LogP contribution in [0.4, 0.5) is 5.82 Å². The van der Waals surface area contributed by atoms with Gasteiger partial charge >= 0.3 is 5.97 Å². The minimum atomic E-state index is -1.01. The molecule has 2 rings (SSSR count). The molecule has 6 nitrogen and oxygen atoms in total. The molecule has 132 valence electrons. The first-order valence-corrected chi connectivity index (χ1v) is 8.09. The fourth-order valence-electron chi connectivity index (χ4n) is 1.97. The standard InChI is InChI=1S/C17H16Cl2N2O4/c1-10(17(23)21-16-14(19)8-12(18)9-20-16)25-15(22)7-11-4-3-5-13(6-11)24-2/h3-6,8-10H,7H2,1-2H3,(H,20,21,23)/t10-/m0/s1. The molecule has 8 heteroatoms. The molecule has 0 bridgehead atoms. The van der Waals surface area contributed by atoms with Gasteiger partial charge in [-0.1, -0.05) is 35.3 Å². The molecule has 25 heavy (non-hydrogen) atoms. The molecule has 0 fully saturated rings. The minimum absolute atomic E-state index is 0.0226. The first kappa shape index (κ1) is 19.0. The summed E-state index contributed by atoms with van der Waals surface area (Å²) in [5.41, 5.74) is 0.722. The first-order valence-electron chi connectivity index (χ1n) is 7.33. The second kappa shape index (κ2) is 8.69. The average Bonchev–Trinajstić information content (AvgIpc) is 2.57. The second-order valence-electron chi connectivity index (χ2n) is 5.13. The molecule has 0 aliphatic rings. The third kappa shape index (κ3) is 5.62. The number of anilines is 1. The van der Waals surface area contributed by atoms with Gasteiger partial charge in [0.25, 0.3) is 5.91 Å². The number of nitrogens with zero attached hydrogens (tertiary/aromatic N) is 1. The number of rotatable bonds is 6. The van der Waals surface area contributed by atoms with Crippen molar-refractivity contribution in [3.8, 4) is 5.75 Å². The van der Waals surface area contributed by atoms with Crippen LogP contribution in [0.1, 0.15) is 12.5 Å². The van der Waals surface area contributed by atoms with Crippen LogP contribution in [0.15, 0.2) is 36.5 Å². The lowest BCUT2D eigenvalue weighted by atomic mass is 10.1. The van der Waals surface area contributed by atoms with Crippen molar-refractivity contribution < 1.29 is 19.1 Å². The summed E-state index contributed by atoms with van der Waals surface area (Å²) in [5.74, 6) is -0.298. The Morgan fingerprint density at radius 3 is 2.72 bits per heavy atom. The summed E-state index contributed by atoms with van der Waals surface area (Å²) in [6.07, 6.45) is 0.365. The monoisotopic (exact) mass is 382 g/mol. The number of methoxy groups -OCH3 is 1. The van der Waals surface area contributed by atoms with E-state index >= 15 is 0 Å². The molecule has 0 saturated carbocycles. The molecular formula is C17H16Cl2N2O4. The van der Waals surface area contributed by atoms with Crippen LogP contribution in [0, 0.1) is 0 Å². The van der Waals surface area contributed by atoms with E-state index in [1.54, 1.807) is 31.4 Å². The molecule has 1 N–H and O–H groups in total. The zero-order valence-electron chi connectivity index (χ0n) is 13.6.